The third-order valence-electron chi connectivity index (χ3n) is 12.6. The van der Waals surface area contributed by atoms with Crippen molar-refractivity contribution < 1.29 is 4.57 Å². The van der Waals surface area contributed by atoms with Gasteiger partial charge in [-0.2, -0.15) is 14.8 Å². The molecule has 0 radical (unpaired) electrons. The van der Waals surface area contributed by atoms with E-state index in [0.29, 0.717) is 0 Å². The Morgan fingerprint density at radius 1 is 0.830 bits per heavy atom. The van der Waals surface area contributed by atoms with E-state index in [4.69, 9.17) is 16.8 Å². The molecule has 0 amide bonds. The van der Waals surface area contributed by atoms with E-state index in [0.717, 1.165) is 42.5 Å². The van der Waals surface area contributed by atoms with Crippen LogP contribution in [0.3, 0.4) is 0 Å². The number of aromatic nitrogens is 1. The lowest BCUT2D eigenvalue weighted by Crippen LogP contribution is -2.58. The zero-order chi connectivity index (χ0) is 36.5. The molecule has 1 spiro atoms. The van der Waals surface area contributed by atoms with Crippen molar-refractivity contribution in [2.24, 2.45) is 10.2 Å². The fourth-order valence-corrected chi connectivity index (χ4v) is 11.1. The molecule has 4 aliphatic rings. The summed E-state index contributed by atoms with van der Waals surface area (Å²) >= 11 is 1.85. The van der Waals surface area contributed by atoms with Gasteiger partial charge in [0, 0.05) is 41.0 Å². The SMILES string of the molecule is C=CC1=C(C=C)C2(c3ccccc31)c1ccc(CCCC)cc1-c1ccc(C3=CCC(c4cc5c(s4)C(=C)C(CC)(CC)[n+]4ccccc4-5)N=N3)cc12. The van der Waals surface area contributed by atoms with Crippen LogP contribution in [-0.4, -0.2) is 0 Å². The maximum Gasteiger partial charge on any atom is 0.214 e. The summed E-state index contributed by atoms with van der Waals surface area (Å²) in [6.07, 6.45) is 14.9. The molecule has 3 nitrogen and oxygen atoms in total. The van der Waals surface area contributed by atoms with Gasteiger partial charge >= 0.3 is 0 Å². The van der Waals surface area contributed by atoms with Gasteiger partial charge in [-0.3, -0.25) is 0 Å². The van der Waals surface area contributed by atoms with Crippen molar-refractivity contribution in [3.05, 3.63) is 178 Å². The van der Waals surface area contributed by atoms with Crippen LogP contribution >= 0.6 is 11.3 Å². The summed E-state index contributed by atoms with van der Waals surface area (Å²) in [6.45, 7) is 20.2. The summed E-state index contributed by atoms with van der Waals surface area (Å²) < 4.78 is 2.45. The van der Waals surface area contributed by atoms with Crippen LogP contribution in [0.5, 0.6) is 0 Å². The second-order valence-electron chi connectivity index (χ2n) is 14.9. The number of azo groups is 1. The maximum absolute atomic E-state index is 5.01. The number of hydrogen-bond acceptors (Lipinski definition) is 3. The van der Waals surface area contributed by atoms with Crippen LogP contribution in [0.2, 0.25) is 0 Å². The first-order valence-electron chi connectivity index (χ1n) is 19.3. The minimum Gasteiger partial charge on any atom is -0.189 e. The van der Waals surface area contributed by atoms with Gasteiger partial charge in [0.15, 0.2) is 11.7 Å². The van der Waals surface area contributed by atoms with Gasteiger partial charge in [0.25, 0.3) is 0 Å². The van der Waals surface area contributed by atoms with E-state index in [2.05, 4.69) is 142 Å². The van der Waals surface area contributed by atoms with E-state index in [1.54, 1.807) is 0 Å². The highest BCUT2D eigenvalue weighted by molar-refractivity contribution is 7.13. The number of fused-ring (bicyclic) bond motifs is 10. The Bertz CT molecular complexity index is 2460. The normalized spacial score (nSPS) is 20.1. The van der Waals surface area contributed by atoms with Crippen LogP contribution in [0.4, 0.5) is 0 Å². The van der Waals surface area contributed by atoms with E-state index in [9.17, 15) is 0 Å². The predicted molar refractivity (Wildman–Crippen MR) is 222 cm³/mol. The number of benzene rings is 3. The molecule has 9 rings (SSSR count). The first kappa shape index (κ1) is 33.6. The number of allylic oxidation sites excluding steroid dienone is 5. The fraction of sp³-hybridized carbons (Fsp3) is 0.245. The Labute approximate surface area is 318 Å². The van der Waals surface area contributed by atoms with Gasteiger partial charge in [-0.25, -0.2) is 0 Å². The summed E-state index contributed by atoms with van der Waals surface area (Å²) in [6, 6.07) is 31.8. The Morgan fingerprint density at radius 2 is 1.64 bits per heavy atom. The average Bonchev–Trinajstić information content (AvgIpc) is 3.87. The summed E-state index contributed by atoms with van der Waals surface area (Å²) in [7, 11) is 0. The number of thiophene rings is 1. The molecule has 262 valence electrons. The van der Waals surface area contributed by atoms with Gasteiger partial charge in [0.1, 0.15) is 6.04 Å². The second kappa shape index (κ2) is 12.7. The van der Waals surface area contributed by atoms with Crippen molar-refractivity contribution in [2.75, 3.05) is 0 Å². The zero-order valence-corrected chi connectivity index (χ0v) is 31.9. The molecular formula is C49H46N3S+. The monoisotopic (exact) mass is 708 g/mol. The van der Waals surface area contributed by atoms with Crippen LogP contribution in [0.1, 0.15) is 102 Å². The average molecular weight is 709 g/mol. The van der Waals surface area contributed by atoms with Crippen LogP contribution in [-0.2, 0) is 17.4 Å². The number of unbranched alkanes of at least 4 members (excludes halogenated alkanes) is 1. The molecule has 2 atom stereocenters. The minimum atomic E-state index is -0.473. The highest BCUT2D eigenvalue weighted by Gasteiger charge is 2.52. The Balaban J connectivity index is 1.12. The molecule has 4 heteroatoms. The summed E-state index contributed by atoms with van der Waals surface area (Å²) in [5, 5.41) is 9.96. The van der Waals surface area contributed by atoms with Crippen LogP contribution < -0.4 is 4.57 Å². The van der Waals surface area contributed by atoms with Crippen LogP contribution in [0.25, 0.3) is 39.2 Å². The Morgan fingerprint density at radius 3 is 2.40 bits per heavy atom. The van der Waals surface area contributed by atoms with E-state index < -0.39 is 5.41 Å². The molecule has 0 fully saturated rings. The molecule has 0 saturated carbocycles. The Kier molecular flexibility index (Phi) is 8.08. The van der Waals surface area contributed by atoms with Gasteiger partial charge < -0.3 is 0 Å². The van der Waals surface area contributed by atoms with E-state index in [1.165, 1.54) is 83.9 Å². The molecular weight excluding hydrogens is 663 g/mol. The summed E-state index contributed by atoms with van der Waals surface area (Å²) in [5.74, 6) is 0. The lowest BCUT2D eigenvalue weighted by atomic mass is 9.69. The lowest BCUT2D eigenvalue weighted by molar-refractivity contribution is -0.741. The van der Waals surface area contributed by atoms with E-state index in [1.807, 2.05) is 17.4 Å². The van der Waals surface area contributed by atoms with Gasteiger partial charge in [-0.05, 0) is 87.6 Å². The summed E-state index contributed by atoms with van der Waals surface area (Å²) in [5.41, 5.74) is 16.7. The molecule has 4 heterocycles. The van der Waals surface area contributed by atoms with Crippen molar-refractivity contribution in [3.63, 3.8) is 0 Å². The van der Waals surface area contributed by atoms with Gasteiger partial charge in [0.2, 0.25) is 5.69 Å². The van der Waals surface area contributed by atoms with Crippen molar-refractivity contribution in [1.29, 1.82) is 0 Å². The highest BCUT2D eigenvalue weighted by Crippen LogP contribution is 2.62. The molecule has 2 unspecified atom stereocenters. The largest absolute Gasteiger partial charge is 0.214 e. The van der Waals surface area contributed by atoms with E-state index in [-0.39, 0.29) is 11.6 Å². The molecule has 2 aromatic heterocycles. The van der Waals surface area contributed by atoms with Crippen molar-refractivity contribution in [2.45, 2.75) is 76.3 Å². The molecule has 0 bridgehead atoms. The number of hydrogen-bond donors (Lipinski definition) is 0. The molecule has 2 aliphatic heterocycles. The molecule has 0 N–H and O–H groups in total. The lowest BCUT2D eigenvalue weighted by Gasteiger charge is -2.33. The second-order valence-corrected chi connectivity index (χ2v) is 16.0. The fourth-order valence-electron chi connectivity index (χ4n) is 9.86. The zero-order valence-electron chi connectivity index (χ0n) is 31.1. The third-order valence-corrected chi connectivity index (χ3v) is 13.9. The van der Waals surface area contributed by atoms with E-state index >= 15 is 0 Å². The summed E-state index contributed by atoms with van der Waals surface area (Å²) in [4.78, 5) is 2.54. The quantitative estimate of drug-likeness (QED) is 0.136. The smallest absolute Gasteiger partial charge is 0.189 e. The molecule has 53 heavy (non-hydrogen) atoms. The third kappa shape index (κ3) is 4.61. The first-order valence-corrected chi connectivity index (χ1v) is 20.1. The predicted octanol–water partition coefficient (Wildman–Crippen LogP) is 13.0. The van der Waals surface area contributed by atoms with Crippen molar-refractivity contribution >= 4 is 28.2 Å². The molecule has 3 aromatic carbocycles. The number of rotatable bonds is 9. The van der Waals surface area contributed by atoms with Gasteiger partial charge in [-0.1, -0.05) is 120 Å². The van der Waals surface area contributed by atoms with Crippen LogP contribution in [0, 0.1) is 0 Å². The number of aryl methyl sites for hydroxylation is 1. The minimum absolute atomic E-state index is 0.0179. The van der Waals surface area contributed by atoms with Crippen molar-refractivity contribution in [3.8, 4) is 22.4 Å². The number of pyridine rings is 1. The molecule has 0 saturated heterocycles. The molecule has 2 aliphatic carbocycles. The van der Waals surface area contributed by atoms with Crippen LogP contribution in [0.15, 0.2) is 145 Å². The van der Waals surface area contributed by atoms with Crippen molar-refractivity contribution in [1.82, 2.24) is 0 Å². The standard InChI is InChI=1S/C49H46N3S/c1-7-12-17-32-21-24-41-37(28-32)36-23-22-33(29-42(36)49(41)39(9-3)34(8-2)35-18-13-14-19-40(35)49)43-25-26-44(51-50-43)46-30-38-45-20-15-16-27-52(45)48(10-4,11-5)31(6)47(38)53-46/h8-9,13-16,18-25,27-30,44H,2-3,6-7,10-12,17,26H2,1,4-5H3/q+1. The van der Waals surface area contributed by atoms with Gasteiger partial charge in [-0.15, -0.1) is 11.3 Å². The maximum atomic E-state index is 5.01. The highest BCUT2D eigenvalue weighted by atomic mass is 32.1. The first-order chi connectivity index (χ1) is 25.9. The Hall–Kier alpha value is -5.19. The molecule has 5 aromatic rings. The van der Waals surface area contributed by atoms with Gasteiger partial charge in [0.05, 0.1) is 21.6 Å². The number of nitrogens with zero attached hydrogens (tertiary/aromatic N) is 3. The topological polar surface area (TPSA) is 28.6 Å².